The van der Waals surface area contributed by atoms with Gasteiger partial charge in [0.2, 0.25) is 5.91 Å². The predicted molar refractivity (Wildman–Crippen MR) is 78.6 cm³/mol. The first kappa shape index (κ1) is 13.6. The maximum absolute atomic E-state index is 12.1. The molecule has 1 aliphatic carbocycles. The van der Waals surface area contributed by atoms with Gasteiger partial charge in [-0.25, -0.2) is 0 Å². The van der Waals surface area contributed by atoms with Gasteiger partial charge in [0.1, 0.15) is 0 Å². The highest BCUT2D eigenvalue weighted by Gasteiger charge is 2.32. The molecule has 1 N–H and O–H groups in total. The fourth-order valence-electron chi connectivity index (χ4n) is 2.75. The van der Waals surface area contributed by atoms with Crippen LogP contribution in [0.4, 0.5) is 5.69 Å². The molecule has 108 valence electrons. The van der Waals surface area contributed by atoms with Crippen LogP contribution in [-0.2, 0) is 9.53 Å². The molecule has 0 radical (unpaired) electrons. The monoisotopic (exact) mass is 274 g/mol. The number of benzene rings is 1. The number of para-hydroxylation sites is 1. The highest BCUT2D eigenvalue weighted by atomic mass is 16.5. The number of ether oxygens (including phenoxy) is 1. The average Bonchev–Trinajstić information content (AvgIpc) is 3.18. The smallest absolute Gasteiger partial charge is 0.238 e. The zero-order valence-corrected chi connectivity index (χ0v) is 11.8. The van der Waals surface area contributed by atoms with E-state index in [1.165, 1.54) is 12.8 Å². The topological polar surface area (TPSA) is 41.6 Å². The Morgan fingerprint density at radius 2 is 2.05 bits per heavy atom. The number of nitrogens with zero attached hydrogens (tertiary/aromatic N) is 1. The van der Waals surface area contributed by atoms with Crippen molar-refractivity contribution >= 4 is 11.6 Å². The van der Waals surface area contributed by atoms with Crippen molar-refractivity contribution in [2.75, 3.05) is 31.6 Å². The first-order chi connectivity index (χ1) is 9.81. The number of carbonyl (C=O) groups is 1. The van der Waals surface area contributed by atoms with Gasteiger partial charge >= 0.3 is 0 Å². The van der Waals surface area contributed by atoms with E-state index >= 15 is 0 Å². The highest BCUT2D eigenvalue weighted by molar-refractivity contribution is 5.92. The highest BCUT2D eigenvalue weighted by Crippen LogP contribution is 2.28. The van der Waals surface area contributed by atoms with Gasteiger partial charge in [0, 0.05) is 24.9 Å². The Balaban J connectivity index is 1.51. The lowest BCUT2D eigenvalue weighted by Gasteiger charge is -2.24. The molecule has 1 amide bonds. The van der Waals surface area contributed by atoms with Gasteiger partial charge < -0.3 is 10.1 Å². The molecule has 1 aliphatic heterocycles. The Kier molecular flexibility index (Phi) is 4.33. The summed E-state index contributed by atoms with van der Waals surface area (Å²) in [6.07, 6.45) is 3.59. The third-order valence-corrected chi connectivity index (χ3v) is 3.98. The van der Waals surface area contributed by atoms with E-state index in [0.29, 0.717) is 18.5 Å². The van der Waals surface area contributed by atoms with Crippen LogP contribution >= 0.6 is 0 Å². The third kappa shape index (κ3) is 3.81. The van der Waals surface area contributed by atoms with Gasteiger partial charge in [-0.15, -0.1) is 0 Å². The number of anilines is 1. The summed E-state index contributed by atoms with van der Waals surface area (Å²) >= 11 is 0. The first-order valence-electron chi connectivity index (χ1n) is 7.48. The van der Waals surface area contributed by atoms with Crippen LogP contribution in [0, 0.1) is 5.92 Å². The largest absolute Gasteiger partial charge is 0.381 e. The summed E-state index contributed by atoms with van der Waals surface area (Å²) in [5.41, 5.74) is 0.873. The summed E-state index contributed by atoms with van der Waals surface area (Å²) in [4.78, 5) is 14.5. The van der Waals surface area contributed by atoms with Gasteiger partial charge in [-0.3, -0.25) is 9.69 Å². The predicted octanol–water partition coefficient (Wildman–Crippen LogP) is 2.13. The van der Waals surface area contributed by atoms with Crippen LogP contribution in [0.1, 0.15) is 19.3 Å². The molecule has 0 bridgehead atoms. The van der Waals surface area contributed by atoms with Crippen molar-refractivity contribution in [3.63, 3.8) is 0 Å². The molecule has 2 aliphatic rings. The normalized spacial score (nSPS) is 22.1. The number of amides is 1. The molecule has 2 fully saturated rings. The number of rotatable bonds is 6. The number of nitrogens with one attached hydrogen (secondary N) is 1. The summed E-state index contributed by atoms with van der Waals surface area (Å²) in [5, 5.41) is 2.97. The van der Waals surface area contributed by atoms with Crippen molar-refractivity contribution in [1.29, 1.82) is 0 Å². The first-order valence-corrected chi connectivity index (χ1v) is 7.48. The van der Waals surface area contributed by atoms with Crippen molar-refractivity contribution in [3.8, 4) is 0 Å². The van der Waals surface area contributed by atoms with Crippen molar-refractivity contribution in [3.05, 3.63) is 30.3 Å². The van der Waals surface area contributed by atoms with Crippen LogP contribution in [0.5, 0.6) is 0 Å². The lowest BCUT2D eigenvalue weighted by Crippen LogP contribution is -2.38. The maximum atomic E-state index is 12.1. The van der Waals surface area contributed by atoms with Crippen LogP contribution in [0.2, 0.25) is 0 Å². The minimum Gasteiger partial charge on any atom is -0.381 e. The molecule has 0 aromatic heterocycles. The lowest BCUT2D eigenvalue weighted by atomic mass is 10.1. The lowest BCUT2D eigenvalue weighted by molar-refractivity contribution is -0.117. The van der Waals surface area contributed by atoms with E-state index in [2.05, 4.69) is 10.2 Å². The molecule has 3 rings (SSSR count). The SMILES string of the molecule is O=C(CN(C[C@H]1CCOC1)C1CC1)Nc1ccccc1. The summed E-state index contributed by atoms with van der Waals surface area (Å²) in [6.45, 7) is 3.21. The van der Waals surface area contributed by atoms with Gasteiger partial charge in [-0.2, -0.15) is 0 Å². The Hall–Kier alpha value is -1.39. The Bertz CT molecular complexity index is 439. The van der Waals surface area contributed by atoms with Crippen LogP contribution in [-0.4, -0.2) is 43.2 Å². The van der Waals surface area contributed by atoms with Crippen molar-refractivity contribution in [2.24, 2.45) is 5.92 Å². The molecule has 1 aromatic rings. The van der Waals surface area contributed by atoms with Gasteiger partial charge in [-0.05, 0) is 37.3 Å². The van der Waals surface area contributed by atoms with Crippen LogP contribution in [0.15, 0.2) is 30.3 Å². The summed E-state index contributed by atoms with van der Waals surface area (Å²) in [6, 6.07) is 10.3. The van der Waals surface area contributed by atoms with E-state index in [9.17, 15) is 4.79 Å². The molecule has 1 saturated heterocycles. The quantitative estimate of drug-likeness (QED) is 0.864. The van der Waals surface area contributed by atoms with Crippen LogP contribution in [0.25, 0.3) is 0 Å². The van der Waals surface area contributed by atoms with E-state index in [1.807, 2.05) is 30.3 Å². The summed E-state index contributed by atoms with van der Waals surface area (Å²) < 4.78 is 5.43. The zero-order chi connectivity index (χ0) is 13.8. The minimum absolute atomic E-state index is 0.0852. The second-order valence-electron chi connectivity index (χ2n) is 5.80. The summed E-state index contributed by atoms with van der Waals surface area (Å²) in [5.74, 6) is 0.683. The molecule has 1 aromatic carbocycles. The minimum atomic E-state index is 0.0852. The molecule has 1 heterocycles. The van der Waals surface area contributed by atoms with E-state index in [-0.39, 0.29) is 5.91 Å². The van der Waals surface area contributed by atoms with E-state index < -0.39 is 0 Å². The standard InChI is InChI=1S/C16H22N2O2/c19-16(17-14-4-2-1-3-5-14)11-18(15-6-7-15)10-13-8-9-20-12-13/h1-5,13,15H,6-12H2,(H,17,19)/t13-/m1/s1. The maximum Gasteiger partial charge on any atom is 0.238 e. The molecular weight excluding hydrogens is 252 g/mol. The molecule has 0 spiro atoms. The van der Waals surface area contributed by atoms with Crippen molar-refractivity contribution < 1.29 is 9.53 Å². The van der Waals surface area contributed by atoms with Gasteiger partial charge in [0.05, 0.1) is 13.2 Å². The fraction of sp³-hybridized carbons (Fsp3) is 0.562. The number of hydrogen-bond acceptors (Lipinski definition) is 3. The Morgan fingerprint density at radius 1 is 1.25 bits per heavy atom. The van der Waals surface area contributed by atoms with E-state index in [1.54, 1.807) is 0 Å². The Morgan fingerprint density at radius 3 is 2.70 bits per heavy atom. The van der Waals surface area contributed by atoms with E-state index in [0.717, 1.165) is 31.9 Å². The molecular formula is C16H22N2O2. The number of hydrogen-bond donors (Lipinski definition) is 1. The zero-order valence-electron chi connectivity index (χ0n) is 11.8. The molecule has 1 atom stereocenters. The summed E-state index contributed by atoms with van der Waals surface area (Å²) in [7, 11) is 0. The molecule has 4 heteroatoms. The van der Waals surface area contributed by atoms with E-state index in [4.69, 9.17) is 4.74 Å². The fourth-order valence-corrected chi connectivity index (χ4v) is 2.75. The van der Waals surface area contributed by atoms with Crippen molar-refractivity contribution in [1.82, 2.24) is 4.90 Å². The second kappa shape index (κ2) is 6.37. The van der Waals surface area contributed by atoms with Gasteiger partial charge in [0.15, 0.2) is 0 Å². The second-order valence-corrected chi connectivity index (χ2v) is 5.80. The number of carbonyl (C=O) groups excluding carboxylic acids is 1. The Labute approximate surface area is 120 Å². The van der Waals surface area contributed by atoms with Gasteiger partial charge in [-0.1, -0.05) is 18.2 Å². The van der Waals surface area contributed by atoms with Crippen LogP contribution < -0.4 is 5.32 Å². The third-order valence-electron chi connectivity index (χ3n) is 3.98. The van der Waals surface area contributed by atoms with Crippen molar-refractivity contribution in [2.45, 2.75) is 25.3 Å². The average molecular weight is 274 g/mol. The molecule has 4 nitrogen and oxygen atoms in total. The molecule has 20 heavy (non-hydrogen) atoms. The van der Waals surface area contributed by atoms with Gasteiger partial charge in [0.25, 0.3) is 0 Å². The van der Waals surface area contributed by atoms with Crippen LogP contribution in [0.3, 0.4) is 0 Å². The molecule has 1 saturated carbocycles. The molecule has 0 unspecified atom stereocenters.